The molecule has 146 valence electrons. The third-order valence-electron chi connectivity index (χ3n) is 4.65. The van der Waals surface area contributed by atoms with Crippen LogP contribution in [0.1, 0.15) is 47.4 Å². The number of anilines is 1. The van der Waals surface area contributed by atoms with Gasteiger partial charge in [0.2, 0.25) is 5.91 Å². The van der Waals surface area contributed by atoms with E-state index in [1.165, 1.54) is 15.9 Å². The molecular weight excluding hydrogens is 376 g/mol. The Balaban J connectivity index is 2.15. The number of para-hydroxylation sites is 1. The van der Waals surface area contributed by atoms with E-state index in [1.807, 2.05) is 25.1 Å². The minimum atomic E-state index is -0.764. The summed E-state index contributed by atoms with van der Waals surface area (Å²) in [6, 6.07) is 8.34. The van der Waals surface area contributed by atoms with Gasteiger partial charge in [0.05, 0.1) is 10.3 Å². The highest BCUT2D eigenvalue weighted by atomic mass is 32.1. The number of carbonyl (C=O) groups is 2. The van der Waals surface area contributed by atoms with Gasteiger partial charge in [-0.1, -0.05) is 32.0 Å². The zero-order chi connectivity index (χ0) is 20.4. The maximum atomic E-state index is 13.2. The number of aryl methyl sites for hydroxylation is 2. The summed E-state index contributed by atoms with van der Waals surface area (Å²) in [7, 11) is 0. The second-order valence-electron chi connectivity index (χ2n) is 6.44. The Morgan fingerprint density at radius 1 is 1.25 bits per heavy atom. The number of hydrogen-bond donors (Lipinski definition) is 2. The van der Waals surface area contributed by atoms with Crippen LogP contribution in [-0.4, -0.2) is 21.4 Å². The zero-order valence-electron chi connectivity index (χ0n) is 16.0. The molecule has 0 radical (unpaired) electrons. The van der Waals surface area contributed by atoms with E-state index >= 15 is 0 Å². The minimum absolute atomic E-state index is 0.294. The first-order chi connectivity index (χ1) is 13.4. The maximum absolute atomic E-state index is 13.2. The van der Waals surface area contributed by atoms with Crippen LogP contribution in [0.5, 0.6) is 0 Å². The number of rotatable bonds is 6. The Kier molecular flexibility index (Phi) is 5.60. The van der Waals surface area contributed by atoms with Gasteiger partial charge in [0.1, 0.15) is 16.7 Å². The lowest BCUT2D eigenvalue weighted by Crippen LogP contribution is -2.36. The van der Waals surface area contributed by atoms with Crippen molar-refractivity contribution in [1.82, 2.24) is 9.55 Å². The predicted molar refractivity (Wildman–Crippen MR) is 111 cm³/mol. The first kappa shape index (κ1) is 19.8. The third kappa shape index (κ3) is 3.43. The number of primary amides is 1. The highest BCUT2D eigenvalue weighted by Gasteiger charge is 2.25. The molecular formula is C20H22N4O3S. The van der Waals surface area contributed by atoms with E-state index in [2.05, 4.69) is 10.3 Å². The molecule has 0 aliphatic heterocycles. The largest absolute Gasteiger partial charge is 0.368 e. The van der Waals surface area contributed by atoms with Crippen LogP contribution < -0.4 is 16.6 Å². The van der Waals surface area contributed by atoms with Crippen molar-refractivity contribution in [3.05, 3.63) is 57.0 Å². The van der Waals surface area contributed by atoms with E-state index in [9.17, 15) is 14.4 Å². The number of nitrogens with one attached hydrogen (secondary N) is 1. The van der Waals surface area contributed by atoms with Gasteiger partial charge < -0.3 is 11.1 Å². The summed E-state index contributed by atoms with van der Waals surface area (Å²) in [6.07, 6.45) is 0.859. The smallest absolute Gasteiger partial charge is 0.266 e. The van der Waals surface area contributed by atoms with Crippen molar-refractivity contribution in [2.24, 2.45) is 5.73 Å². The quantitative estimate of drug-likeness (QED) is 0.665. The standard InChI is InChI=1S/C20H22N4O3S/c1-4-13(17(21)25)24-14(5-2)23-19-15(20(24)27)11(3)16(28-19)18(26)22-12-9-7-6-8-10-12/h6-10,13H,4-5H2,1-3H3,(H2,21,25)(H,22,26). The number of thiophene rings is 1. The molecule has 3 aromatic rings. The first-order valence-electron chi connectivity index (χ1n) is 9.09. The van der Waals surface area contributed by atoms with Crippen LogP contribution in [0.25, 0.3) is 10.2 Å². The molecule has 3 rings (SSSR count). The Morgan fingerprint density at radius 3 is 2.50 bits per heavy atom. The summed E-state index contributed by atoms with van der Waals surface area (Å²) in [5.74, 6) is -0.382. The summed E-state index contributed by atoms with van der Waals surface area (Å²) in [5.41, 5.74) is 6.40. The zero-order valence-corrected chi connectivity index (χ0v) is 16.8. The molecule has 0 saturated heterocycles. The van der Waals surface area contributed by atoms with Gasteiger partial charge in [0.15, 0.2) is 0 Å². The van der Waals surface area contributed by atoms with Gasteiger partial charge in [-0.25, -0.2) is 4.98 Å². The fourth-order valence-corrected chi connectivity index (χ4v) is 4.33. The van der Waals surface area contributed by atoms with Crippen molar-refractivity contribution in [2.45, 2.75) is 39.7 Å². The van der Waals surface area contributed by atoms with Crippen LogP contribution in [0.4, 0.5) is 5.69 Å². The van der Waals surface area contributed by atoms with E-state index in [1.54, 1.807) is 26.0 Å². The predicted octanol–water partition coefficient (Wildman–Crippen LogP) is 3.02. The third-order valence-corrected chi connectivity index (χ3v) is 5.83. The molecule has 0 spiro atoms. The molecule has 28 heavy (non-hydrogen) atoms. The molecule has 2 heterocycles. The van der Waals surface area contributed by atoms with Gasteiger partial charge in [-0.2, -0.15) is 0 Å². The number of nitrogens with two attached hydrogens (primary N) is 1. The molecule has 1 unspecified atom stereocenters. The van der Waals surface area contributed by atoms with Crippen molar-refractivity contribution in [3.8, 4) is 0 Å². The summed E-state index contributed by atoms with van der Waals surface area (Å²) >= 11 is 1.18. The van der Waals surface area contributed by atoms with Crippen LogP contribution in [0.3, 0.4) is 0 Å². The van der Waals surface area contributed by atoms with Crippen LogP contribution in [0.15, 0.2) is 35.1 Å². The van der Waals surface area contributed by atoms with Gasteiger partial charge in [0, 0.05) is 12.1 Å². The van der Waals surface area contributed by atoms with Crippen LogP contribution >= 0.6 is 11.3 Å². The molecule has 0 bridgehead atoms. The van der Waals surface area contributed by atoms with E-state index in [-0.39, 0.29) is 11.5 Å². The molecule has 7 nitrogen and oxygen atoms in total. The van der Waals surface area contributed by atoms with Crippen molar-refractivity contribution < 1.29 is 9.59 Å². The molecule has 8 heteroatoms. The van der Waals surface area contributed by atoms with Crippen molar-refractivity contribution in [1.29, 1.82) is 0 Å². The number of amides is 2. The molecule has 0 fully saturated rings. The first-order valence-corrected chi connectivity index (χ1v) is 9.90. The van der Waals surface area contributed by atoms with Crippen molar-refractivity contribution in [3.63, 3.8) is 0 Å². The molecule has 3 N–H and O–H groups in total. The van der Waals surface area contributed by atoms with Crippen LogP contribution in [0.2, 0.25) is 0 Å². The number of carbonyl (C=O) groups excluding carboxylic acids is 2. The van der Waals surface area contributed by atoms with Gasteiger partial charge >= 0.3 is 0 Å². The average molecular weight is 398 g/mol. The average Bonchev–Trinajstić information content (AvgIpc) is 3.01. The van der Waals surface area contributed by atoms with E-state index in [4.69, 9.17) is 5.73 Å². The van der Waals surface area contributed by atoms with Crippen molar-refractivity contribution in [2.75, 3.05) is 5.32 Å². The molecule has 0 aliphatic carbocycles. The highest BCUT2D eigenvalue weighted by molar-refractivity contribution is 7.20. The molecule has 2 aromatic heterocycles. The molecule has 0 aliphatic rings. The number of aromatic nitrogens is 2. The number of fused-ring (bicyclic) bond motifs is 1. The fraction of sp³-hybridized carbons (Fsp3) is 0.300. The Morgan fingerprint density at radius 2 is 1.93 bits per heavy atom. The molecule has 1 aromatic carbocycles. The Bertz CT molecular complexity index is 1100. The van der Waals surface area contributed by atoms with E-state index in [0.717, 1.165) is 0 Å². The topological polar surface area (TPSA) is 107 Å². The maximum Gasteiger partial charge on any atom is 0.266 e. The Labute approximate surface area is 166 Å². The van der Waals surface area contributed by atoms with Gasteiger partial charge in [-0.3, -0.25) is 19.0 Å². The van der Waals surface area contributed by atoms with Gasteiger partial charge in [0.25, 0.3) is 11.5 Å². The van der Waals surface area contributed by atoms with E-state index < -0.39 is 11.9 Å². The summed E-state index contributed by atoms with van der Waals surface area (Å²) < 4.78 is 1.38. The lowest BCUT2D eigenvalue weighted by molar-refractivity contribution is -0.121. The minimum Gasteiger partial charge on any atom is -0.368 e. The summed E-state index contributed by atoms with van der Waals surface area (Å²) in [5, 5.41) is 3.20. The summed E-state index contributed by atoms with van der Waals surface area (Å²) in [6.45, 7) is 5.38. The second-order valence-corrected chi connectivity index (χ2v) is 7.44. The van der Waals surface area contributed by atoms with Crippen molar-refractivity contribution >= 4 is 39.1 Å². The molecule has 2 amide bonds. The fourth-order valence-electron chi connectivity index (χ4n) is 3.25. The van der Waals surface area contributed by atoms with Gasteiger partial charge in [-0.15, -0.1) is 11.3 Å². The second kappa shape index (κ2) is 7.93. The number of nitrogens with zero attached hydrogens (tertiary/aromatic N) is 2. The number of hydrogen-bond acceptors (Lipinski definition) is 5. The Hall–Kier alpha value is -3.00. The van der Waals surface area contributed by atoms with Crippen LogP contribution in [0, 0.1) is 6.92 Å². The lowest BCUT2D eigenvalue weighted by atomic mass is 10.1. The highest BCUT2D eigenvalue weighted by Crippen LogP contribution is 2.29. The lowest BCUT2D eigenvalue weighted by Gasteiger charge is -2.18. The summed E-state index contributed by atoms with van der Waals surface area (Å²) in [4.78, 5) is 43.3. The number of benzene rings is 1. The monoisotopic (exact) mass is 398 g/mol. The SMILES string of the molecule is CCc1nc2sc(C(=O)Nc3ccccc3)c(C)c2c(=O)n1C(CC)C(N)=O. The molecule has 1 atom stereocenters. The molecule has 0 saturated carbocycles. The van der Waals surface area contributed by atoms with E-state index in [0.29, 0.717) is 45.0 Å². The van der Waals surface area contributed by atoms with Gasteiger partial charge in [-0.05, 0) is 31.0 Å². The van der Waals surface area contributed by atoms with Crippen LogP contribution in [-0.2, 0) is 11.2 Å². The normalized spacial score (nSPS) is 12.1.